The van der Waals surface area contributed by atoms with E-state index in [0.29, 0.717) is 6.61 Å². The topological polar surface area (TPSA) is 46.5 Å². The van der Waals surface area contributed by atoms with Gasteiger partial charge in [0.05, 0.1) is 18.6 Å². The number of hydrogen-bond acceptors (Lipinski definition) is 3. The largest absolute Gasteiger partial charge is 0.465 e. The first kappa shape index (κ1) is 17.3. The molecule has 23 heavy (non-hydrogen) atoms. The summed E-state index contributed by atoms with van der Waals surface area (Å²) in [6.07, 6.45) is 8.63. The summed E-state index contributed by atoms with van der Waals surface area (Å²) in [6.45, 7) is 8.56. The third-order valence-electron chi connectivity index (χ3n) is 7.63. The molecule has 4 rings (SSSR count). The normalized spacial score (nSPS) is 38.4. The minimum atomic E-state index is -0.433. The summed E-state index contributed by atoms with van der Waals surface area (Å²) < 4.78 is 5.74. The van der Waals surface area contributed by atoms with Gasteiger partial charge in [-0.15, -0.1) is 0 Å². The Hall–Kier alpha value is -0.570. The van der Waals surface area contributed by atoms with Gasteiger partial charge in [-0.05, 0) is 82.0 Å². The summed E-state index contributed by atoms with van der Waals surface area (Å²) in [7, 11) is 0. The monoisotopic (exact) mass is 322 g/mol. The molecule has 1 atom stereocenters. The minimum absolute atomic E-state index is 0.121. The average molecular weight is 322 g/mol. The van der Waals surface area contributed by atoms with Crippen LogP contribution in [0.2, 0.25) is 0 Å². The van der Waals surface area contributed by atoms with Gasteiger partial charge in [0.25, 0.3) is 0 Å². The van der Waals surface area contributed by atoms with Crippen molar-refractivity contribution in [1.29, 1.82) is 0 Å². The third-order valence-corrected chi connectivity index (χ3v) is 7.63. The van der Waals surface area contributed by atoms with E-state index in [9.17, 15) is 9.90 Å². The molecule has 0 aromatic heterocycles. The van der Waals surface area contributed by atoms with Crippen molar-refractivity contribution in [3.8, 4) is 0 Å². The first-order valence-corrected chi connectivity index (χ1v) is 9.52. The first-order valence-electron chi connectivity index (χ1n) is 9.52. The maximum atomic E-state index is 12.4. The summed E-state index contributed by atoms with van der Waals surface area (Å²) in [4.78, 5) is 12.4. The van der Waals surface area contributed by atoms with Crippen LogP contribution in [0.1, 0.15) is 72.6 Å². The molecule has 0 spiro atoms. The molecule has 3 heteroatoms. The zero-order valence-corrected chi connectivity index (χ0v) is 15.4. The Balaban J connectivity index is 1.74. The lowest BCUT2D eigenvalue weighted by Crippen LogP contribution is -2.56. The first-order chi connectivity index (χ1) is 10.7. The SMILES string of the molecule is CCC(C)(C)C(=O)OCC(C)(CO)C12CC3CC(CC(C3)C1)C2. The van der Waals surface area contributed by atoms with Crippen LogP contribution in [0.25, 0.3) is 0 Å². The molecule has 4 aliphatic rings. The molecule has 4 aliphatic carbocycles. The zero-order valence-electron chi connectivity index (χ0n) is 15.4. The Morgan fingerprint density at radius 3 is 1.96 bits per heavy atom. The summed E-state index contributed by atoms with van der Waals surface area (Å²) in [5.74, 6) is 2.41. The van der Waals surface area contributed by atoms with Gasteiger partial charge in [0, 0.05) is 5.41 Å². The van der Waals surface area contributed by atoms with E-state index < -0.39 is 5.41 Å². The number of aliphatic hydroxyl groups excluding tert-OH is 1. The summed E-state index contributed by atoms with van der Waals surface area (Å²) >= 11 is 0. The molecule has 0 saturated heterocycles. The standard InChI is InChI=1S/C20H34O3/c1-5-18(2,3)17(22)23-13-19(4,12-21)20-9-14-6-15(10-20)8-16(7-14)11-20/h14-16,21H,5-13H2,1-4H3. The predicted molar refractivity (Wildman–Crippen MR) is 90.8 cm³/mol. The molecule has 4 bridgehead atoms. The fourth-order valence-corrected chi connectivity index (χ4v) is 5.78. The quantitative estimate of drug-likeness (QED) is 0.746. The van der Waals surface area contributed by atoms with E-state index in [4.69, 9.17) is 4.74 Å². The van der Waals surface area contributed by atoms with Gasteiger partial charge >= 0.3 is 5.97 Å². The van der Waals surface area contributed by atoms with Crippen LogP contribution >= 0.6 is 0 Å². The van der Waals surface area contributed by atoms with Crippen molar-refractivity contribution < 1.29 is 14.6 Å². The number of carbonyl (C=O) groups is 1. The maximum absolute atomic E-state index is 12.4. The molecule has 0 radical (unpaired) electrons. The van der Waals surface area contributed by atoms with E-state index in [1.54, 1.807) is 0 Å². The Kier molecular flexibility index (Phi) is 4.32. The molecular formula is C20H34O3. The smallest absolute Gasteiger partial charge is 0.311 e. The molecule has 4 fully saturated rings. The van der Waals surface area contributed by atoms with Crippen molar-refractivity contribution in [2.24, 2.45) is 34.0 Å². The number of rotatable bonds is 6. The van der Waals surface area contributed by atoms with Crippen LogP contribution in [0.3, 0.4) is 0 Å². The predicted octanol–water partition coefficient (Wildman–Crippen LogP) is 4.18. The number of aliphatic hydroxyl groups is 1. The van der Waals surface area contributed by atoms with Crippen LogP contribution < -0.4 is 0 Å². The molecule has 0 amide bonds. The maximum Gasteiger partial charge on any atom is 0.311 e. The molecule has 0 aromatic rings. The fraction of sp³-hybridized carbons (Fsp3) is 0.950. The van der Waals surface area contributed by atoms with Gasteiger partial charge in [-0.25, -0.2) is 0 Å². The van der Waals surface area contributed by atoms with Gasteiger partial charge in [0.15, 0.2) is 0 Å². The second-order valence-corrected chi connectivity index (χ2v) is 9.73. The average Bonchev–Trinajstić information content (AvgIpc) is 2.50. The molecule has 1 N–H and O–H groups in total. The van der Waals surface area contributed by atoms with Crippen LogP contribution in [-0.2, 0) is 9.53 Å². The van der Waals surface area contributed by atoms with Gasteiger partial charge in [-0.1, -0.05) is 13.8 Å². The second-order valence-electron chi connectivity index (χ2n) is 9.73. The molecular weight excluding hydrogens is 288 g/mol. The van der Waals surface area contributed by atoms with Crippen molar-refractivity contribution in [1.82, 2.24) is 0 Å². The van der Waals surface area contributed by atoms with E-state index >= 15 is 0 Å². The van der Waals surface area contributed by atoms with Crippen LogP contribution in [0.5, 0.6) is 0 Å². The lowest BCUT2D eigenvalue weighted by molar-refractivity contribution is -0.181. The van der Waals surface area contributed by atoms with Crippen molar-refractivity contribution in [2.75, 3.05) is 13.2 Å². The number of ether oxygens (including phenoxy) is 1. The number of hydrogen-bond donors (Lipinski definition) is 1. The van der Waals surface area contributed by atoms with E-state index in [1.165, 1.54) is 38.5 Å². The van der Waals surface area contributed by atoms with Crippen molar-refractivity contribution in [3.05, 3.63) is 0 Å². The second kappa shape index (κ2) is 5.75. The van der Waals surface area contributed by atoms with Gasteiger partial charge in [-0.3, -0.25) is 4.79 Å². The van der Waals surface area contributed by atoms with Crippen LogP contribution in [0, 0.1) is 34.0 Å². The van der Waals surface area contributed by atoms with E-state index in [-0.39, 0.29) is 23.4 Å². The van der Waals surface area contributed by atoms with Crippen LogP contribution in [0.4, 0.5) is 0 Å². The van der Waals surface area contributed by atoms with Gasteiger partial charge in [0.2, 0.25) is 0 Å². The van der Waals surface area contributed by atoms with E-state index in [0.717, 1.165) is 24.2 Å². The summed E-state index contributed by atoms with van der Waals surface area (Å²) in [6, 6.07) is 0. The molecule has 4 saturated carbocycles. The Bertz CT molecular complexity index is 432. The summed E-state index contributed by atoms with van der Waals surface area (Å²) in [5.41, 5.74) is -0.534. The van der Waals surface area contributed by atoms with E-state index in [2.05, 4.69) is 6.92 Å². The highest BCUT2D eigenvalue weighted by Crippen LogP contribution is 2.65. The minimum Gasteiger partial charge on any atom is -0.465 e. The van der Waals surface area contributed by atoms with Crippen molar-refractivity contribution >= 4 is 5.97 Å². The Morgan fingerprint density at radius 1 is 1.09 bits per heavy atom. The number of carbonyl (C=O) groups excluding carboxylic acids is 1. The Labute approximate surface area is 141 Å². The zero-order chi connectivity index (χ0) is 16.9. The van der Waals surface area contributed by atoms with Gasteiger partial charge in [-0.2, -0.15) is 0 Å². The molecule has 3 nitrogen and oxygen atoms in total. The van der Waals surface area contributed by atoms with Crippen LogP contribution in [-0.4, -0.2) is 24.3 Å². The highest BCUT2D eigenvalue weighted by Gasteiger charge is 2.58. The van der Waals surface area contributed by atoms with Gasteiger partial charge in [0.1, 0.15) is 0 Å². The molecule has 0 aliphatic heterocycles. The summed E-state index contributed by atoms with van der Waals surface area (Å²) in [5, 5.41) is 10.2. The molecule has 0 heterocycles. The third kappa shape index (κ3) is 2.83. The Morgan fingerprint density at radius 2 is 1.57 bits per heavy atom. The lowest BCUT2D eigenvalue weighted by Gasteiger charge is -2.62. The highest BCUT2D eigenvalue weighted by atomic mass is 16.5. The van der Waals surface area contributed by atoms with Crippen molar-refractivity contribution in [2.45, 2.75) is 72.6 Å². The van der Waals surface area contributed by atoms with Crippen LogP contribution in [0.15, 0.2) is 0 Å². The highest BCUT2D eigenvalue weighted by molar-refractivity contribution is 5.75. The van der Waals surface area contributed by atoms with Crippen molar-refractivity contribution in [3.63, 3.8) is 0 Å². The molecule has 132 valence electrons. The van der Waals surface area contributed by atoms with Gasteiger partial charge < -0.3 is 9.84 Å². The number of esters is 1. The molecule has 1 unspecified atom stereocenters. The lowest BCUT2D eigenvalue weighted by atomic mass is 9.43. The van der Waals surface area contributed by atoms with E-state index in [1.807, 2.05) is 20.8 Å². The molecule has 0 aromatic carbocycles. The fourth-order valence-electron chi connectivity index (χ4n) is 5.78.